The van der Waals surface area contributed by atoms with E-state index in [1.54, 1.807) is 13.2 Å². The van der Waals surface area contributed by atoms with Crippen LogP contribution in [-0.4, -0.2) is 31.2 Å². The predicted molar refractivity (Wildman–Crippen MR) is 72.0 cm³/mol. The molecule has 19 heavy (non-hydrogen) atoms. The minimum absolute atomic E-state index is 0.209. The first kappa shape index (κ1) is 13.7. The lowest BCUT2D eigenvalue weighted by Gasteiger charge is -2.06. The normalized spacial score (nSPS) is 10.6. The van der Waals surface area contributed by atoms with Gasteiger partial charge in [-0.15, -0.1) is 0 Å². The number of hydroxylamine groups is 1. The summed E-state index contributed by atoms with van der Waals surface area (Å²) in [6, 6.07) is 9.11. The lowest BCUT2D eigenvalue weighted by Crippen LogP contribution is -2.26. The number of aromatic nitrogens is 1. The maximum atomic E-state index is 11.8. The highest BCUT2D eigenvalue weighted by molar-refractivity contribution is 6.34. The van der Waals surface area contributed by atoms with E-state index in [9.17, 15) is 4.79 Å². The van der Waals surface area contributed by atoms with Crippen LogP contribution in [0.15, 0.2) is 30.3 Å². The first-order chi connectivity index (χ1) is 9.22. The number of benzene rings is 1. The predicted octanol–water partition coefficient (Wildman–Crippen LogP) is 2.20. The third kappa shape index (κ3) is 3.41. The largest absolute Gasteiger partial charge is 0.382 e. The molecule has 0 atom stereocenters. The lowest BCUT2D eigenvalue weighted by atomic mass is 10.1. The van der Waals surface area contributed by atoms with Crippen LogP contribution in [0, 0.1) is 0 Å². The molecule has 1 aromatic heterocycles. The molecular formula is C13H13ClN2O3. The van der Waals surface area contributed by atoms with Gasteiger partial charge in [-0.1, -0.05) is 35.9 Å². The van der Waals surface area contributed by atoms with Crippen molar-refractivity contribution in [2.75, 3.05) is 20.3 Å². The monoisotopic (exact) mass is 280 g/mol. The van der Waals surface area contributed by atoms with Gasteiger partial charge in [-0.3, -0.25) is 9.63 Å². The van der Waals surface area contributed by atoms with E-state index in [1.165, 1.54) is 0 Å². The van der Waals surface area contributed by atoms with Crippen LogP contribution in [0.2, 0.25) is 5.15 Å². The van der Waals surface area contributed by atoms with Crippen molar-refractivity contribution < 1.29 is 14.4 Å². The summed E-state index contributed by atoms with van der Waals surface area (Å²) in [7, 11) is 1.55. The molecule has 0 spiro atoms. The van der Waals surface area contributed by atoms with E-state index >= 15 is 0 Å². The molecule has 1 amide bonds. The van der Waals surface area contributed by atoms with Gasteiger partial charge in [-0.25, -0.2) is 10.5 Å². The van der Waals surface area contributed by atoms with Gasteiger partial charge in [0.05, 0.1) is 13.2 Å². The van der Waals surface area contributed by atoms with Crippen LogP contribution in [-0.2, 0) is 9.57 Å². The maximum Gasteiger partial charge on any atom is 0.293 e. The fraction of sp³-hybridized carbons (Fsp3) is 0.231. The summed E-state index contributed by atoms with van der Waals surface area (Å²) in [5.41, 5.74) is 2.49. The number of nitrogens with zero attached hydrogens (tertiary/aromatic N) is 1. The van der Waals surface area contributed by atoms with Crippen LogP contribution >= 0.6 is 11.6 Å². The summed E-state index contributed by atoms with van der Waals surface area (Å²) in [6.07, 6.45) is 0. The van der Waals surface area contributed by atoms with E-state index in [4.69, 9.17) is 21.2 Å². The highest BCUT2D eigenvalue weighted by Gasteiger charge is 2.11. The number of ether oxygens (including phenoxy) is 1. The Balaban J connectivity index is 2.14. The van der Waals surface area contributed by atoms with Crippen LogP contribution < -0.4 is 5.48 Å². The van der Waals surface area contributed by atoms with Crippen molar-refractivity contribution >= 4 is 28.3 Å². The molecule has 0 saturated carbocycles. The number of amides is 1. The van der Waals surface area contributed by atoms with E-state index in [-0.39, 0.29) is 12.3 Å². The third-order valence-electron chi connectivity index (χ3n) is 2.48. The highest BCUT2D eigenvalue weighted by atomic mass is 35.5. The molecule has 0 aliphatic heterocycles. The topological polar surface area (TPSA) is 60.5 Å². The number of nitrogens with one attached hydrogen (secondary N) is 1. The molecular weight excluding hydrogens is 268 g/mol. The summed E-state index contributed by atoms with van der Waals surface area (Å²) in [4.78, 5) is 20.8. The van der Waals surface area contributed by atoms with Crippen molar-refractivity contribution in [1.82, 2.24) is 10.5 Å². The highest BCUT2D eigenvalue weighted by Crippen LogP contribution is 2.22. The van der Waals surface area contributed by atoms with Gasteiger partial charge in [0, 0.05) is 12.5 Å². The molecule has 0 radical (unpaired) electrons. The number of hydrogen-bond acceptors (Lipinski definition) is 4. The smallest absolute Gasteiger partial charge is 0.293 e. The number of fused-ring (bicyclic) bond motifs is 1. The average Bonchev–Trinajstić information content (AvgIpc) is 2.43. The summed E-state index contributed by atoms with van der Waals surface area (Å²) in [5.74, 6) is -0.441. The second-order valence-electron chi connectivity index (χ2n) is 3.79. The SMILES string of the molecule is COCCONC(=O)c1cc2ccccc2c(Cl)n1. The molecule has 5 nitrogen and oxygen atoms in total. The van der Waals surface area contributed by atoms with Gasteiger partial charge in [-0.05, 0) is 11.5 Å². The Kier molecular flexibility index (Phi) is 4.68. The van der Waals surface area contributed by atoms with Gasteiger partial charge < -0.3 is 4.74 Å². The van der Waals surface area contributed by atoms with E-state index in [1.807, 2.05) is 24.3 Å². The zero-order chi connectivity index (χ0) is 13.7. The Morgan fingerprint density at radius 1 is 1.37 bits per heavy atom. The average molecular weight is 281 g/mol. The Morgan fingerprint density at radius 3 is 2.95 bits per heavy atom. The molecule has 1 N–H and O–H groups in total. The summed E-state index contributed by atoms with van der Waals surface area (Å²) >= 11 is 6.04. The molecule has 2 rings (SSSR count). The van der Waals surface area contributed by atoms with Crippen molar-refractivity contribution in [3.8, 4) is 0 Å². The first-order valence-corrected chi connectivity index (χ1v) is 6.06. The molecule has 0 fully saturated rings. The van der Waals surface area contributed by atoms with Crippen LogP contribution in [0.4, 0.5) is 0 Å². The third-order valence-corrected chi connectivity index (χ3v) is 2.77. The molecule has 0 saturated heterocycles. The fourth-order valence-corrected chi connectivity index (χ4v) is 1.83. The van der Waals surface area contributed by atoms with Crippen LogP contribution in [0.5, 0.6) is 0 Å². The molecule has 0 bridgehead atoms. The summed E-state index contributed by atoms with van der Waals surface area (Å²) in [6.45, 7) is 0.662. The Bertz CT molecular complexity index is 589. The minimum Gasteiger partial charge on any atom is -0.382 e. The van der Waals surface area contributed by atoms with Crippen molar-refractivity contribution in [3.05, 3.63) is 41.2 Å². The van der Waals surface area contributed by atoms with Gasteiger partial charge in [0.1, 0.15) is 10.8 Å². The Labute approximate surface area is 115 Å². The number of rotatable bonds is 5. The van der Waals surface area contributed by atoms with Gasteiger partial charge in [0.25, 0.3) is 5.91 Å². The zero-order valence-electron chi connectivity index (χ0n) is 10.4. The molecule has 100 valence electrons. The second-order valence-corrected chi connectivity index (χ2v) is 4.15. The van der Waals surface area contributed by atoms with E-state index in [0.29, 0.717) is 11.8 Å². The van der Waals surface area contributed by atoms with Crippen molar-refractivity contribution in [1.29, 1.82) is 0 Å². The maximum absolute atomic E-state index is 11.8. The van der Waals surface area contributed by atoms with Gasteiger partial charge >= 0.3 is 0 Å². The van der Waals surface area contributed by atoms with E-state index < -0.39 is 5.91 Å². The summed E-state index contributed by atoms with van der Waals surface area (Å²) < 4.78 is 4.79. The van der Waals surface area contributed by atoms with Crippen LogP contribution in [0.3, 0.4) is 0 Å². The Morgan fingerprint density at radius 2 is 2.16 bits per heavy atom. The number of halogens is 1. The second kappa shape index (κ2) is 6.47. The number of pyridine rings is 1. The molecule has 6 heteroatoms. The van der Waals surface area contributed by atoms with Crippen molar-refractivity contribution in [2.45, 2.75) is 0 Å². The standard InChI is InChI=1S/C13H13ClN2O3/c1-18-6-7-19-16-13(17)11-8-9-4-2-3-5-10(9)12(14)15-11/h2-5,8H,6-7H2,1H3,(H,16,17). The molecule has 0 unspecified atom stereocenters. The van der Waals surface area contributed by atoms with E-state index in [0.717, 1.165) is 10.8 Å². The molecule has 1 heterocycles. The molecule has 0 aliphatic rings. The fourth-order valence-electron chi connectivity index (χ4n) is 1.57. The van der Waals surface area contributed by atoms with Gasteiger partial charge in [-0.2, -0.15) is 0 Å². The Hall–Kier alpha value is -1.69. The molecule has 2 aromatic rings. The number of methoxy groups -OCH3 is 1. The van der Waals surface area contributed by atoms with Crippen molar-refractivity contribution in [2.24, 2.45) is 0 Å². The van der Waals surface area contributed by atoms with E-state index in [2.05, 4.69) is 10.5 Å². The first-order valence-electron chi connectivity index (χ1n) is 5.68. The van der Waals surface area contributed by atoms with Crippen LogP contribution in [0.1, 0.15) is 10.5 Å². The van der Waals surface area contributed by atoms with Gasteiger partial charge in [0.2, 0.25) is 0 Å². The number of carbonyl (C=O) groups excluding carboxylic acids is 1. The quantitative estimate of drug-likeness (QED) is 0.518. The number of hydrogen-bond donors (Lipinski definition) is 1. The molecule has 1 aromatic carbocycles. The lowest BCUT2D eigenvalue weighted by molar-refractivity contribution is 0.00859. The van der Waals surface area contributed by atoms with Gasteiger partial charge in [0.15, 0.2) is 0 Å². The summed E-state index contributed by atoms with van der Waals surface area (Å²) in [5, 5.41) is 1.95. The van der Waals surface area contributed by atoms with Crippen molar-refractivity contribution in [3.63, 3.8) is 0 Å². The van der Waals surface area contributed by atoms with Crippen LogP contribution in [0.25, 0.3) is 10.8 Å². The molecule has 0 aliphatic carbocycles. The minimum atomic E-state index is -0.441. The zero-order valence-corrected chi connectivity index (χ0v) is 11.1. The number of carbonyl (C=O) groups is 1.